The fourth-order valence-electron chi connectivity index (χ4n) is 2.19. The van der Waals surface area contributed by atoms with Crippen LogP contribution in [-0.2, 0) is 13.1 Å². The maximum Gasteiger partial charge on any atom is 0.231 e. The Bertz CT molecular complexity index is 617. The van der Waals surface area contributed by atoms with Gasteiger partial charge in [-0.25, -0.2) is 0 Å². The van der Waals surface area contributed by atoms with Crippen molar-refractivity contribution in [1.29, 1.82) is 0 Å². The summed E-state index contributed by atoms with van der Waals surface area (Å²) in [6, 6.07) is 3.37. The zero-order chi connectivity index (χ0) is 14.1. The Labute approximate surface area is 116 Å². The molecule has 6 heteroatoms. The lowest BCUT2D eigenvalue weighted by atomic mass is 10.1. The molecular formula is C14H16N2O4. The monoisotopic (exact) mass is 276 g/mol. The van der Waals surface area contributed by atoms with Crippen LogP contribution in [0.2, 0.25) is 0 Å². The lowest BCUT2D eigenvalue weighted by Gasteiger charge is -2.08. The summed E-state index contributed by atoms with van der Waals surface area (Å²) in [5, 5.41) is 17.1. The number of aromatic nitrogens is 1. The number of ether oxygens (including phenoxy) is 2. The summed E-state index contributed by atoms with van der Waals surface area (Å²) < 4.78 is 15.6. The molecule has 3 rings (SSSR count). The number of nitrogens with one attached hydrogen (secondary N) is 1. The second kappa shape index (κ2) is 5.05. The summed E-state index contributed by atoms with van der Waals surface area (Å²) in [7, 11) is 0. The average Bonchev–Trinajstić information content (AvgIpc) is 2.99. The van der Waals surface area contributed by atoms with Gasteiger partial charge >= 0.3 is 0 Å². The minimum absolute atomic E-state index is 0.195. The highest BCUT2D eigenvalue weighted by atomic mass is 16.7. The van der Waals surface area contributed by atoms with Crippen LogP contribution in [0.3, 0.4) is 0 Å². The summed E-state index contributed by atoms with van der Waals surface area (Å²) in [4.78, 5) is 0. The van der Waals surface area contributed by atoms with E-state index in [4.69, 9.17) is 14.0 Å². The number of phenolic OH excluding ortho intramolecular Hbond substituents is 1. The lowest BCUT2D eigenvalue weighted by molar-refractivity contribution is 0.174. The molecule has 1 aliphatic heterocycles. The zero-order valence-electron chi connectivity index (χ0n) is 11.4. The fraction of sp³-hybridized carbons (Fsp3) is 0.357. The second-order valence-electron chi connectivity index (χ2n) is 4.74. The topological polar surface area (TPSA) is 76.8 Å². The number of rotatable bonds is 4. The molecule has 6 nitrogen and oxygen atoms in total. The van der Waals surface area contributed by atoms with Crippen LogP contribution in [0, 0.1) is 13.8 Å². The van der Waals surface area contributed by atoms with Gasteiger partial charge in [-0.2, -0.15) is 0 Å². The molecule has 0 fully saturated rings. The SMILES string of the molecule is Cc1noc(C)c1CNCc1cc2c(cc1O)OCO2. The minimum Gasteiger partial charge on any atom is -0.507 e. The zero-order valence-corrected chi connectivity index (χ0v) is 11.4. The van der Waals surface area contributed by atoms with Gasteiger partial charge in [0.05, 0.1) is 5.69 Å². The Hall–Kier alpha value is -2.21. The Balaban J connectivity index is 1.67. The van der Waals surface area contributed by atoms with Crippen molar-refractivity contribution in [2.75, 3.05) is 6.79 Å². The van der Waals surface area contributed by atoms with Gasteiger partial charge in [0.15, 0.2) is 11.5 Å². The lowest BCUT2D eigenvalue weighted by Crippen LogP contribution is -2.13. The van der Waals surface area contributed by atoms with Crippen molar-refractivity contribution in [2.45, 2.75) is 26.9 Å². The first-order valence-corrected chi connectivity index (χ1v) is 6.39. The highest BCUT2D eigenvalue weighted by Gasteiger charge is 2.17. The van der Waals surface area contributed by atoms with Crippen molar-refractivity contribution in [3.8, 4) is 17.2 Å². The maximum absolute atomic E-state index is 9.93. The molecule has 0 saturated heterocycles. The normalized spacial score (nSPS) is 12.9. The Morgan fingerprint density at radius 1 is 1.20 bits per heavy atom. The largest absolute Gasteiger partial charge is 0.507 e. The smallest absolute Gasteiger partial charge is 0.231 e. The van der Waals surface area contributed by atoms with Crippen LogP contribution in [0.5, 0.6) is 17.2 Å². The van der Waals surface area contributed by atoms with Gasteiger partial charge in [-0.05, 0) is 19.9 Å². The Morgan fingerprint density at radius 3 is 2.65 bits per heavy atom. The predicted molar refractivity (Wildman–Crippen MR) is 70.8 cm³/mol. The van der Waals surface area contributed by atoms with E-state index < -0.39 is 0 Å². The number of fused-ring (bicyclic) bond motifs is 1. The minimum atomic E-state index is 0.195. The standard InChI is InChI=1S/C14H16N2O4/c1-8-11(9(2)20-16-8)6-15-5-10-3-13-14(4-12(10)17)19-7-18-13/h3-4,15,17H,5-7H2,1-2H3. The van der Waals surface area contributed by atoms with Gasteiger partial charge in [-0.3, -0.25) is 0 Å². The summed E-state index contributed by atoms with van der Waals surface area (Å²) in [5.41, 5.74) is 2.69. The molecule has 1 aromatic carbocycles. The highest BCUT2D eigenvalue weighted by molar-refractivity contribution is 5.51. The molecule has 0 aliphatic carbocycles. The van der Waals surface area contributed by atoms with Crippen molar-refractivity contribution < 1.29 is 19.1 Å². The molecule has 106 valence electrons. The van der Waals surface area contributed by atoms with E-state index in [0.717, 1.165) is 22.6 Å². The summed E-state index contributed by atoms with van der Waals surface area (Å²) in [6.45, 7) is 5.15. The predicted octanol–water partition coefficient (Wildman–Crippen LogP) is 2.02. The molecule has 0 amide bonds. The summed E-state index contributed by atoms with van der Waals surface area (Å²) in [5.74, 6) is 2.25. The molecule has 20 heavy (non-hydrogen) atoms. The van der Waals surface area contributed by atoms with Gasteiger partial charge in [-0.1, -0.05) is 5.16 Å². The fourth-order valence-corrected chi connectivity index (χ4v) is 2.19. The molecule has 1 aromatic heterocycles. The third kappa shape index (κ3) is 2.30. The van der Waals surface area contributed by atoms with Gasteiger partial charge in [0.1, 0.15) is 11.5 Å². The molecule has 2 N–H and O–H groups in total. The molecule has 0 radical (unpaired) electrons. The Morgan fingerprint density at radius 2 is 1.95 bits per heavy atom. The first-order valence-electron chi connectivity index (χ1n) is 6.39. The average molecular weight is 276 g/mol. The molecule has 0 spiro atoms. The van der Waals surface area contributed by atoms with Crippen LogP contribution in [0.4, 0.5) is 0 Å². The second-order valence-corrected chi connectivity index (χ2v) is 4.74. The van der Waals surface area contributed by atoms with Crippen LogP contribution in [-0.4, -0.2) is 17.1 Å². The van der Waals surface area contributed by atoms with Gasteiger partial charge in [0.25, 0.3) is 0 Å². The van der Waals surface area contributed by atoms with Crippen LogP contribution in [0.1, 0.15) is 22.6 Å². The molecule has 0 bridgehead atoms. The van der Waals surface area contributed by atoms with E-state index in [1.165, 1.54) is 0 Å². The van der Waals surface area contributed by atoms with Crippen molar-refractivity contribution in [3.63, 3.8) is 0 Å². The number of benzene rings is 1. The first-order chi connectivity index (χ1) is 9.65. The van der Waals surface area contributed by atoms with Crippen molar-refractivity contribution in [3.05, 3.63) is 34.7 Å². The van der Waals surface area contributed by atoms with Crippen molar-refractivity contribution in [2.24, 2.45) is 0 Å². The Kier molecular flexibility index (Phi) is 3.23. The molecule has 0 atom stereocenters. The third-order valence-electron chi connectivity index (χ3n) is 3.37. The van der Waals surface area contributed by atoms with Gasteiger partial charge < -0.3 is 24.4 Å². The number of hydrogen-bond donors (Lipinski definition) is 2. The van der Waals surface area contributed by atoms with E-state index in [2.05, 4.69) is 10.5 Å². The number of aryl methyl sites for hydroxylation is 2. The van der Waals surface area contributed by atoms with Crippen LogP contribution < -0.4 is 14.8 Å². The van der Waals surface area contributed by atoms with Gasteiger partial charge in [-0.15, -0.1) is 0 Å². The molecule has 2 aromatic rings. The molecule has 2 heterocycles. The van der Waals surface area contributed by atoms with Crippen LogP contribution in [0.15, 0.2) is 16.7 Å². The molecule has 0 saturated carbocycles. The van der Waals surface area contributed by atoms with Crippen LogP contribution in [0.25, 0.3) is 0 Å². The molecule has 1 aliphatic rings. The summed E-state index contributed by atoms with van der Waals surface area (Å²) in [6.07, 6.45) is 0. The number of nitrogens with zero attached hydrogens (tertiary/aromatic N) is 1. The van der Waals surface area contributed by atoms with Gasteiger partial charge in [0, 0.05) is 30.3 Å². The highest BCUT2D eigenvalue weighted by Crippen LogP contribution is 2.37. The van der Waals surface area contributed by atoms with E-state index in [1.54, 1.807) is 12.1 Å². The third-order valence-corrected chi connectivity index (χ3v) is 3.37. The van der Waals surface area contributed by atoms with E-state index in [9.17, 15) is 5.11 Å². The first kappa shape index (κ1) is 12.8. The van der Waals surface area contributed by atoms with E-state index in [-0.39, 0.29) is 12.5 Å². The summed E-state index contributed by atoms with van der Waals surface area (Å²) >= 11 is 0. The molecular weight excluding hydrogens is 260 g/mol. The van der Waals surface area contributed by atoms with Crippen LogP contribution >= 0.6 is 0 Å². The van der Waals surface area contributed by atoms with E-state index in [1.807, 2.05) is 13.8 Å². The van der Waals surface area contributed by atoms with Crippen molar-refractivity contribution >= 4 is 0 Å². The van der Waals surface area contributed by atoms with E-state index >= 15 is 0 Å². The number of aromatic hydroxyl groups is 1. The maximum atomic E-state index is 9.93. The van der Waals surface area contributed by atoms with Crippen molar-refractivity contribution in [1.82, 2.24) is 10.5 Å². The number of phenols is 1. The van der Waals surface area contributed by atoms with E-state index in [0.29, 0.717) is 24.6 Å². The number of hydrogen-bond acceptors (Lipinski definition) is 6. The van der Waals surface area contributed by atoms with Gasteiger partial charge in [0.2, 0.25) is 6.79 Å². The quantitative estimate of drug-likeness (QED) is 0.889. The molecule has 0 unspecified atom stereocenters.